The minimum atomic E-state index is -0.343. The van der Waals surface area contributed by atoms with Gasteiger partial charge in [0.2, 0.25) is 0 Å². The molecule has 6 heteroatoms. The Morgan fingerprint density at radius 3 is 2.72 bits per heavy atom. The van der Waals surface area contributed by atoms with Gasteiger partial charge in [-0.15, -0.1) is 0 Å². The van der Waals surface area contributed by atoms with Gasteiger partial charge in [-0.25, -0.2) is 4.79 Å². The lowest BCUT2D eigenvalue weighted by molar-refractivity contribution is 0.251. The summed E-state index contributed by atoms with van der Waals surface area (Å²) in [4.78, 5) is 11.6. The summed E-state index contributed by atoms with van der Waals surface area (Å²) in [6.07, 6.45) is 1.55. The number of nitrogens with one attached hydrogen (secondary N) is 2. The molecule has 94 valence electrons. The van der Waals surface area contributed by atoms with E-state index in [4.69, 9.17) is 27.6 Å². The van der Waals surface area contributed by atoms with Crippen LogP contribution in [0.4, 0.5) is 10.5 Å². The van der Waals surface area contributed by atoms with E-state index in [0.29, 0.717) is 28.0 Å². The van der Waals surface area contributed by atoms with Gasteiger partial charge in [-0.1, -0.05) is 23.2 Å². The number of halogens is 2. The van der Waals surface area contributed by atoms with Crippen molar-refractivity contribution in [3.8, 4) is 0 Å². The average molecular weight is 285 g/mol. The minimum absolute atomic E-state index is 0.320. The first kappa shape index (κ1) is 12.8. The highest BCUT2D eigenvalue weighted by atomic mass is 35.5. The molecular formula is C12H10Cl2N2O2. The van der Waals surface area contributed by atoms with Crippen LogP contribution in [-0.2, 0) is 6.54 Å². The topological polar surface area (TPSA) is 54.3 Å². The number of amides is 2. The lowest BCUT2D eigenvalue weighted by Gasteiger charge is -2.07. The van der Waals surface area contributed by atoms with Crippen LogP contribution in [0.2, 0.25) is 10.0 Å². The Morgan fingerprint density at radius 1 is 1.22 bits per heavy atom. The molecule has 0 saturated heterocycles. The van der Waals surface area contributed by atoms with E-state index in [1.54, 1.807) is 36.6 Å². The van der Waals surface area contributed by atoms with Crippen LogP contribution in [-0.4, -0.2) is 6.03 Å². The molecule has 0 aliphatic carbocycles. The molecule has 0 spiro atoms. The van der Waals surface area contributed by atoms with E-state index in [9.17, 15) is 4.79 Å². The van der Waals surface area contributed by atoms with E-state index < -0.39 is 0 Å². The van der Waals surface area contributed by atoms with Gasteiger partial charge in [-0.2, -0.15) is 0 Å². The Bertz CT molecular complexity index is 541. The molecule has 18 heavy (non-hydrogen) atoms. The predicted octanol–water partition coefficient (Wildman–Crippen LogP) is 3.91. The summed E-state index contributed by atoms with van der Waals surface area (Å²) in [5.74, 6) is 0.680. The Morgan fingerprint density at radius 2 is 2.06 bits per heavy atom. The van der Waals surface area contributed by atoms with Crippen LogP contribution in [0, 0.1) is 0 Å². The number of anilines is 1. The van der Waals surface area contributed by atoms with Crippen LogP contribution in [0.1, 0.15) is 5.76 Å². The average Bonchev–Trinajstić information content (AvgIpc) is 2.84. The van der Waals surface area contributed by atoms with Gasteiger partial charge in [-0.05, 0) is 30.3 Å². The van der Waals surface area contributed by atoms with Gasteiger partial charge in [0.1, 0.15) is 5.76 Å². The molecule has 2 amide bonds. The van der Waals surface area contributed by atoms with Gasteiger partial charge in [0.15, 0.2) is 0 Å². The smallest absolute Gasteiger partial charge is 0.319 e. The standard InChI is InChI=1S/C12H10Cl2N2O2/c13-10-4-3-8(6-11(10)14)16-12(17)15-7-9-2-1-5-18-9/h1-6H,7H2,(H2,15,16,17). The van der Waals surface area contributed by atoms with Crippen molar-refractivity contribution in [1.82, 2.24) is 5.32 Å². The maximum Gasteiger partial charge on any atom is 0.319 e. The first-order valence-electron chi connectivity index (χ1n) is 5.17. The van der Waals surface area contributed by atoms with Crippen molar-refractivity contribution in [2.75, 3.05) is 5.32 Å². The number of benzene rings is 1. The first-order valence-corrected chi connectivity index (χ1v) is 5.93. The quantitative estimate of drug-likeness (QED) is 0.898. The van der Waals surface area contributed by atoms with Crippen molar-refractivity contribution in [2.24, 2.45) is 0 Å². The van der Waals surface area contributed by atoms with E-state index in [-0.39, 0.29) is 6.03 Å². The van der Waals surface area contributed by atoms with Crippen LogP contribution in [0.3, 0.4) is 0 Å². The zero-order chi connectivity index (χ0) is 13.0. The second-order valence-corrected chi connectivity index (χ2v) is 4.33. The highest BCUT2D eigenvalue weighted by Gasteiger charge is 2.04. The molecule has 2 rings (SSSR count). The largest absolute Gasteiger partial charge is 0.467 e. The molecule has 0 bridgehead atoms. The summed E-state index contributed by atoms with van der Waals surface area (Å²) in [5.41, 5.74) is 0.571. The molecule has 0 aliphatic rings. The van der Waals surface area contributed by atoms with Crippen molar-refractivity contribution in [3.05, 3.63) is 52.4 Å². The Hall–Kier alpha value is -1.65. The highest BCUT2D eigenvalue weighted by Crippen LogP contribution is 2.24. The van der Waals surface area contributed by atoms with Gasteiger partial charge in [0, 0.05) is 5.69 Å². The Balaban J connectivity index is 1.88. The molecule has 1 aromatic carbocycles. The summed E-state index contributed by atoms with van der Waals surface area (Å²) in [6.45, 7) is 0.320. The van der Waals surface area contributed by atoms with Gasteiger partial charge in [0.25, 0.3) is 0 Å². The fourth-order valence-corrected chi connectivity index (χ4v) is 1.63. The van der Waals surface area contributed by atoms with Crippen LogP contribution < -0.4 is 10.6 Å². The zero-order valence-corrected chi connectivity index (χ0v) is 10.8. The fourth-order valence-electron chi connectivity index (χ4n) is 1.33. The van der Waals surface area contributed by atoms with E-state index >= 15 is 0 Å². The predicted molar refractivity (Wildman–Crippen MR) is 71.0 cm³/mol. The molecule has 1 heterocycles. The minimum Gasteiger partial charge on any atom is -0.467 e. The summed E-state index contributed by atoms with van der Waals surface area (Å²) >= 11 is 11.6. The van der Waals surface area contributed by atoms with Crippen molar-refractivity contribution < 1.29 is 9.21 Å². The third kappa shape index (κ3) is 3.42. The molecule has 0 radical (unpaired) electrons. The monoisotopic (exact) mass is 284 g/mol. The van der Waals surface area contributed by atoms with E-state index in [2.05, 4.69) is 10.6 Å². The summed E-state index contributed by atoms with van der Waals surface area (Å²) in [5, 5.41) is 6.12. The molecular weight excluding hydrogens is 275 g/mol. The molecule has 0 saturated carbocycles. The van der Waals surface area contributed by atoms with Gasteiger partial charge in [0.05, 0.1) is 22.9 Å². The zero-order valence-electron chi connectivity index (χ0n) is 9.24. The molecule has 0 fully saturated rings. The lowest BCUT2D eigenvalue weighted by atomic mass is 10.3. The van der Waals surface area contributed by atoms with Crippen molar-refractivity contribution in [2.45, 2.75) is 6.54 Å². The SMILES string of the molecule is O=C(NCc1ccco1)Nc1ccc(Cl)c(Cl)c1. The van der Waals surface area contributed by atoms with Crippen LogP contribution >= 0.6 is 23.2 Å². The van der Waals surface area contributed by atoms with Gasteiger partial charge in [-0.3, -0.25) is 0 Å². The molecule has 0 atom stereocenters. The van der Waals surface area contributed by atoms with Crippen molar-refractivity contribution in [3.63, 3.8) is 0 Å². The van der Waals surface area contributed by atoms with E-state index in [1.807, 2.05) is 0 Å². The third-order valence-corrected chi connectivity index (χ3v) is 2.92. The van der Waals surface area contributed by atoms with Crippen molar-refractivity contribution >= 4 is 34.9 Å². The molecule has 4 nitrogen and oxygen atoms in total. The number of hydrogen-bond acceptors (Lipinski definition) is 2. The van der Waals surface area contributed by atoms with Crippen LogP contribution in [0.15, 0.2) is 41.0 Å². The second-order valence-electron chi connectivity index (χ2n) is 3.52. The normalized spacial score (nSPS) is 10.1. The van der Waals surface area contributed by atoms with Gasteiger partial charge >= 0.3 is 6.03 Å². The summed E-state index contributed by atoms with van der Waals surface area (Å²) < 4.78 is 5.09. The molecule has 0 unspecified atom stereocenters. The molecule has 1 aromatic heterocycles. The second kappa shape index (κ2) is 5.80. The molecule has 0 aliphatic heterocycles. The lowest BCUT2D eigenvalue weighted by Crippen LogP contribution is -2.27. The Kier molecular flexibility index (Phi) is 4.12. The Labute approximate surface area is 114 Å². The van der Waals surface area contributed by atoms with Crippen LogP contribution in [0.5, 0.6) is 0 Å². The third-order valence-electron chi connectivity index (χ3n) is 2.18. The van der Waals surface area contributed by atoms with Gasteiger partial charge < -0.3 is 15.1 Å². The highest BCUT2D eigenvalue weighted by molar-refractivity contribution is 6.42. The molecule has 2 aromatic rings. The van der Waals surface area contributed by atoms with E-state index in [1.165, 1.54) is 0 Å². The number of urea groups is 1. The van der Waals surface area contributed by atoms with Crippen molar-refractivity contribution in [1.29, 1.82) is 0 Å². The fraction of sp³-hybridized carbons (Fsp3) is 0.0833. The maximum atomic E-state index is 11.6. The number of hydrogen-bond donors (Lipinski definition) is 2. The summed E-state index contributed by atoms with van der Waals surface area (Å²) in [6, 6.07) is 8.06. The number of furan rings is 1. The summed E-state index contributed by atoms with van der Waals surface area (Å²) in [7, 11) is 0. The number of carbonyl (C=O) groups is 1. The first-order chi connectivity index (χ1) is 8.65. The maximum absolute atomic E-state index is 11.6. The number of carbonyl (C=O) groups excluding carboxylic acids is 1. The van der Waals surface area contributed by atoms with Crippen LogP contribution in [0.25, 0.3) is 0 Å². The molecule has 2 N–H and O–H groups in total. The number of rotatable bonds is 3. The van der Waals surface area contributed by atoms with E-state index in [0.717, 1.165) is 0 Å².